The fourth-order valence-electron chi connectivity index (χ4n) is 0.894. The Morgan fingerprint density at radius 2 is 2.60 bits per heavy atom. The highest BCUT2D eigenvalue weighted by Crippen LogP contribution is 2.54. The third-order valence-electron chi connectivity index (χ3n) is 1.52. The Kier molecular flexibility index (Phi) is 2.47. The molecular formula is C5H11O4P. The topological polar surface area (TPSA) is 55.8 Å². The van der Waals surface area contributed by atoms with E-state index in [1.165, 1.54) is 7.11 Å². The van der Waals surface area contributed by atoms with Gasteiger partial charge in [-0.2, -0.15) is 0 Å². The predicted molar refractivity (Wildman–Crippen MR) is 36.1 cm³/mol. The van der Waals surface area contributed by atoms with Gasteiger partial charge in [0.25, 0.3) is 0 Å². The molecule has 5 heteroatoms. The summed E-state index contributed by atoms with van der Waals surface area (Å²) in [6.45, 7) is -0.0760. The number of hydrogen-bond donors (Lipinski definition) is 1. The van der Waals surface area contributed by atoms with Crippen molar-refractivity contribution in [3.63, 3.8) is 0 Å². The van der Waals surface area contributed by atoms with Crippen LogP contribution in [0.5, 0.6) is 0 Å². The van der Waals surface area contributed by atoms with E-state index in [1.807, 2.05) is 0 Å². The summed E-state index contributed by atoms with van der Waals surface area (Å²) in [7, 11) is -1.42. The molecule has 1 aliphatic heterocycles. The molecule has 0 spiro atoms. The smallest absolute Gasteiger partial charge is 0.330 e. The number of aliphatic hydroxyl groups is 1. The molecule has 0 radical (unpaired) electrons. The van der Waals surface area contributed by atoms with Crippen molar-refractivity contribution in [3.8, 4) is 0 Å². The van der Waals surface area contributed by atoms with Crippen molar-refractivity contribution in [2.24, 2.45) is 0 Å². The summed E-state index contributed by atoms with van der Waals surface area (Å²) in [5, 5.41) is 8.59. The maximum absolute atomic E-state index is 11.2. The van der Waals surface area contributed by atoms with Crippen LogP contribution in [0.1, 0.15) is 6.42 Å². The van der Waals surface area contributed by atoms with E-state index < -0.39 is 7.60 Å². The SMILES string of the molecule is COP1(=O)CCC(CO)O1. The second-order valence-corrected chi connectivity index (χ2v) is 4.46. The standard InChI is InChI=1S/C5H11O4P/c1-8-10(7)3-2-5(4-6)9-10/h5-6H,2-4H2,1H3. The fraction of sp³-hybridized carbons (Fsp3) is 1.00. The number of hydrogen-bond acceptors (Lipinski definition) is 4. The zero-order valence-corrected chi connectivity index (χ0v) is 6.71. The van der Waals surface area contributed by atoms with Crippen LogP contribution >= 0.6 is 7.60 Å². The first kappa shape index (κ1) is 8.21. The van der Waals surface area contributed by atoms with Crippen LogP contribution < -0.4 is 0 Å². The van der Waals surface area contributed by atoms with E-state index in [0.717, 1.165) is 0 Å². The lowest BCUT2D eigenvalue weighted by Crippen LogP contribution is -2.08. The first-order chi connectivity index (χ1) is 4.70. The summed E-state index contributed by atoms with van der Waals surface area (Å²) < 4.78 is 20.8. The molecular weight excluding hydrogens is 155 g/mol. The highest BCUT2D eigenvalue weighted by atomic mass is 31.2. The van der Waals surface area contributed by atoms with E-state index in [9.17, 15) is 4.57 Å². The second kappa shape index (κ2) is 3.01. The normalized spacial score (nSPS) is 40.4. The molecule has 60 valence electrons. The average Bonchev–Trinajstić information content (AvgIpc) is 2.33. The summed E-state index contributed by atoms with van der Waals surface area (Å²) in [6.07, 6.45) is 0.766. The van der Waals surface area contributed by atoms with E-state index >= 15 is 0 Å². The second-order valence-electron chi connectivity index (χ2n) is 2.22. The van der Waals surface area contributed by atoms with Crippen molar-refractivity contribution >= 4 is 7.60 Å². The minimum Gasteiger partial charge on any atom is -0.394 e. The van der Waals surface area contributed by atoms with Gasteiger partial charge in [0, 0.05) is 7.11 Å². The van der Waals surface area contributed by atoms with Crippen LogP contribution in [0.2, 0.25) is 0 Å². The zero-order valence-electron chi connectivity index (χ0n) is 5.82. The van der Waals surface area contributed by atoms with Crippen LogP contribution in [0.15, 0.2) is 0 Å². The molecule has 0 aliphatic carbocycles. The predicted octanol–water partition coefficient (Wildman–Crippen LogP) is 0.607. The Hall–Kier alpha value is 0.110. The van der Waals surface area contributed by atoms with Gasteiger partial charge < -0.3 is 14.2 Å². The summed E-state index contributed by atoms with van der Waals surface area (Å²) in [5.41, 5.74) is 0. The Labute approximate surface area is 59.7 Å². The van der Waals surface area contributed by atoms with Crippen LogP contribution in [0, 0.1) is 0 Å². The van der Waals surface area contributed by atoms with Crippen LogP contribution in [0.4, 0.5) is 0 Å². The van der Waals surface area contributed by atoms with Gasteiger partial charge >= 0.3 is 7.60 Å². The van der Waals surface area contributed by atoms with Crippen molar-refractivity contribution < 1.29 is 18.7 Å². The van der Waals surface area contributed by atoms with Crippen LogP contribution in [0.3, 0.4) is 0 Å². The van der Waals surface area contributed by atoms with Gasteiger partial charge in [-0.25, -0.2) is 0 Å². The molecule has 2 unspecified atom stereocenters. The van der Waals surface area contributed by atoms with E-state index in [2.05, 4.69) is 4.52 Å². The van der Waals surface area contributed by atoms with Gasteiger partial charge in [-0.15, -0.1) is 0 Å². The van der Waals surface area contributed by atoms with Crippen molar-refractivity contribution in [1.29, 1.82) is 0 Å². The first-order valence-corrected chi connectivity index (χ1v) is 4.87. The minimum absolute atomic E-state index is 0.0760. The first-order valence-electron chi connectivity index (χ1n) is 3.14. The van der Waals surface area contributed by atoms with Gasteiger partial charge in [0.1, 0.15) is 0 Å². The van der Waals surface area contributed by atoms with Gasteiger partial charge in [-0.3, -0.25) is 4.57 Å². The zero-order chi connectivity index (χ0) is 7.61. The molecule has 1 heterocycles. The summed E-state index contributed by atoms with van der Waals surface area (Å²) in [5.74, 6) is 0. The minimum atomic E-state index is -2.78. The average molecular weight is 166 g/mol. The van der Waals surface area contributed by atoms with Gasteiger partial charge in [-0.05, 0) is 6.42 Å². The molecule has 1 aliphatic rings. The third kappa shape index (κ3) is 1.58. The lowest BCUT2D eigenvalue weighted by atomic mass is 10.3. The van der Waals surface area contributed by atoms with Crippen molar-refractivity contribution in [1.82, 2.24) is 0 Å². The molecule has 0 aromatic heterocycles. The van der Waals surface area contributed by atoms with Crippen LogP contribution in [0.25, 0.3) is 0 Å². The third-order valence-corrected chi connectivity index (χ3v) is 3.50. The quantitative estimate of drug-likeness (QED) is 0.610. The highest BCUT2D eigenvalue weighted by molar-refractivity contribution is 7.54. The van der Waals surface area contributed by atoms with Crippen molar-refractivity contribution in [2.75, 3.05) is 19.9 Å². The molecule has 4 nitrogen and oxygen atoms in total. The van der Waals surface area contributed by atoms with E-state index in [1.54, 1.807) is 0 Å². The summed E-state index contributed by atoms with van der Waals surface area (Å²) in [6, 6.07) is 0. The summed E-state index contributed by atoms with van der Waals surface area (Å²) >= 11 is 0. The van der Waals surface area contributed by atoms with Gasteiger partial charge in [0.05, 0.1) is 18.9 Å². The molecule has 10 heavy (non-hydrogen) atoms. The monoisotopic (exact) mass is 166 g/mol. The van der Waals surface area contributed by atoms with Crippen LogP contribution in [-0.4, -0.2) is 31.1 Å². The van der Waals surface area contributed by atoms with Gasteiger partial charge in [0.2, 0.25) is 0 Å². The largest absolute Gasteiger partial charge is 0.394 e. The molecule has 0 aromatic carbocycles. The molecule has 0 saturated carbocycles. The fourth-order valence-corrected chi connectivity index (χ4v) is 2.50. The Morgan fingerprint density at radius 3 is 2.90 bits per heavy atom. The van der Waals surface area contributed by atoms with Crippen molar-refractivity contribution in [3.05, 3.63) is 0 Å². The highest BCUT2D eigenvalue weighted by Gasteiger charge is 2.34. The van der Waals surface area contributed by atoms with E-state index in [4.69, 9.17) is 9.63 Å². The van der Waals surface area contributed by atoms with Gasteiger partial charge in [-0.1, -0.05) is 0 Å². The summed E-state index contributed by atoms with van der Waals surface area (Å²) in [4.78, 5) is 0. The van der Waals surface area contributed by atoms with Crippen LogP contribution in [-0.2, 0) is 13.6 Å². The molecule has 0 bridgehead atoms. The number of rotatable bonds is 2. The molecule has 1 fully saturated rings. The molecule has 2 atom stereocenters. The molecule has 1 N–H and O–H groups in total. The molecule has 0 amide bonds. The Balaban J connectivity index is 2.49. The van der Waals surface area contributed by atoms with E-state index in [0.29, 0.717) is 12.6 Å². The van der Waals surface area contributed by atoms with Gasteiger partial charge in [0.15, 0.2) is 0 Å². The lowest BCUT2D eigenvalue weighted by molar-refractivity contribution is 0.118. The Morgan fingerprint density at radius 1 is 1.90 bits per heavy atom. The lowest BCUT2D eigenvalue weighted by Gasteiger charge is -2.08. The Bertz CT molecular complexity index is 158. The number of aliphatic hydroxyl groups excluding tert-OH is 1. The molecule has 1 saturated heterocycles. The van der Waals surface area contributed by atoms with E-state index in [-0.39, 0.29) is 12.7 Å². The van der Waals surface area contributed by atoms with Crippen molar-refractivity contribution in [2.45, 2.75) is 12.5 Å². The molecule has 1 rings (SSSR count). The maximum atomic E-state index is 11.2. The maximum Gasteiger partial charge on any atom is 0.330 e. The molecule has 0 aromatic rings.